The van der Waals surface area contributed by atoms with Crippen molar-refractivity contribution in [3.8, 4) is 0 Å². The summed E-state index contributed by atoms with van der Waals surface area (Å²) in [5, 5.41) is 0. The molecule has 2 aliphatic rings. The molecule has 0 aliphatic heterocycles. The lowest BCUT2D eigenvalue weighted by atomic mass is 9.96. The molecule has 0 fully saturated rings. The van der Waals surface area contributed by atoms with Crippen LogP contribution in [0.5, 0.6) is 0 Å². The maximum Gasteiger partial charge on any atom is 0.286 e. The Balaban J connectivity index is 2.22. The molecule has 0 N–H and O–H groups in total. The summed E-state index contributed by atoms with van der Waals surface area (Å²) in [6.07, 6.45) is 5.40. The Hall–Kier alpha value is -1.70. The van der Waals surface area contributed by atoms with Crippen LogP contribution in [0.4, 0.5) is 8.78 Å². The monoisotopic (exact) mass is 202 g/mol. The van der Waals surface area contributed by atoms with E-state index in [-0.39, 0.29) is 0 Å². The van der Waals surface area contributed by atoms with Crippen LogP contribution in [0.1, 0.15) is 11.1 Å². The van der Waals surface area contributed by atoms with Crippen molar-refractivity contribution in [1.82, 2.24) is 0 Å². The highest BCUT2D eigenvalue weighted by atomic mass is 19.3. The van der Waals surface area contributed by atoms with Crippen LogP contribution < -0.4 is 0 Å². The van der Waals surface area contributed by atoms with Gasteiger partial charge < -0.3 is 0 Å². The van der Waals surface area contributed by atoms with Crippen LogP contribution in [0.3, 0.4) is 0 Å². The zero-order valence-corrected chi connectivity index (χ0v) is 7.87. The summed E-state index contributed by atoms with van der Waals surface area (Å²) >= 11 is 0. The first-order chi connectivity index (χ1) is 7.16. The Kier molecular flexibility index (Phi) is 1.52. The standard InChI is InChI=1S/C13H8F2/c14-13(15)6-5-10-7-9-3-1-2-4-11(9)12(10)8-13/h1-8H. The molecule has 0 saturated heterocycles. The molecule has 0 atom stereocenters. The van der Waals surface area contributed by atoms with Crippen molar-refractivity contribution in [2.45, 2.75) is 5.92 Å². The summed E-state index contributed by atoms with van der Waals surface area (Å²) in [5.74, 6) is -2.82. The van der Waals surface area contributed by atoms with Crippen molar-refractivity contribution in [2.75, 3.05) is 0 Å². The zero-order chi connectivity index (χ0) is 10.5. The first-order valence-electron chi connectivity index (χ1n) is 4.77. The predicted molar refractivity (Wildman–Crippen MR) is 56.5 cm³/mol. The van der Waals surface area contributed by atoms with Crippen LogP contribution in [0.15, 0.2) is 48.1 Å². The molecule has 2 heteroatoms. The number of hydrogen-bond acceptors (Lipinski definition) is 0. The molecule has 3 rings (SSSR count). The second-order valence-electron chi connectivity index (χ2n) is 3.75. The predicted octanol–water partition coefficient (Wildman–Crippen LogP) is 3.67. The van der Waals surface area contributed by atoms with E-state index < -0.39 is 5.92 Å². The summed E-state index contributed by atoms with van der Waals surface area (Å²) in [5.41, 5.74) is 3.44. The largest absolute Gasteiger partial charge is 0.286 e. The molecule has 0 aromatic heterocycles. The van der Waals surface area contributed by atoms with E-state index in [0.717, 1.165) is 28.9 Å². The Morgan fingerprint density at radius 2 is 1.87 bits per heavy atom. The number of halogens is 2. The van der Waals surface area contributed by atoms with Crippen molar-refractivity contribution in [1.29, 1.82) is 0 Å². The Labute approximate surface area is 86.2 Å². The average Bonchev–Trinajstić information content (AvgIpc) is 2.55. The number of benzene rings is 1. The number of allylic oxidation sites excluding steroid dienone is 5. The van der Waals surface area contributed by atoms with Gasteiger partial charge in [-0.25, -0.2) is 0 Å². The first kappa shape index (κ1) is 8.60. The van der Waals surface area contributed by atoms with Gasteiger partial charge in [0.25, 0.3) is 5.92 Å². The van der Waals surface area contributed by atoms with Crippen LogP contribution in [-0.2, 0) is 0 Å². The molecule has 0 bridgehead atoms. The van der Waals surface area contributed by atoms with Gasteiger partial charge >= 0.3 is 0 Å². The van der Waals surface area contributed by atoms with Gasteiger partial charge in [0.05, 0.1) is 0 Å². The van der Waals surface area contributed by atoms with E-state index in [0.29, 0.717) is 5.57 Å². The topological polar surface area (TPSA) is 0 Å². The Bertz CT molecular complexity index is 519. The second-order valence-corrected chi connectivity index (χ2v) is 3.75. The van der Waals surface area contributed by atoms with Gasteiger partial charge in [-0.15, -0.1) is 0 Å². The van der Waals surface area contributed by atoms with E-state index in [1.165, 1.54) is 6.08 Å². The Morgan fingerprint density at radius 1 is 1.07 bits per heavy atom. The lowest BCUT2D eigenvalue weighted by molar-refractivity contribution is 0.111. The molecule has 0 nitrogen and oxygen atoms in total. The van der Waals surface area contributed by atoms with Crippen LogP contribution in [0, 0.1) is 0 Å². The molecular weight excluding hydrogens is 194 g/mol. The van der Waals surface area contributed by atoms with Gasteiger partial charge in [0.1, 0.15) is 0 Å². The zero-order valence-electron chi connectivity index (χ0n) is 7.87. The van der Waals surface area contributed by atoms with Crippen molar-refractivity contribution in [2.24, 2.45) is 0 Å². The van der Waals surface area contributed by atoms with Crippen molar-refractivity contribution in [3.05, 3.63) is 59.2 Å². The molecule has 1 aromatic carbocycles. The van der Waals surface area contributed by atoms with E-state index >= 15 is 0 Å². The minimum atomic E-state index is -2.82. The fraction of sp³-hybridized carbons (Fsp3) is 0.0769. The lowest BCUT2D eigenvalue weighted by Gasteiger charge is -2.15. The van der Waals surface area contributed by atoms with Gasteiger partial charge in [-0.3, -0.25) is 0 Å². The van der Waals surface area contributed by atoms with Crippen LogP contribution in [0.25, 0.3) is 11.6 Å². The maximum atomic E-state index is 13.1. The van der Waals surface area contributed by atoms with Crippen LogP contribution in [0.2, 0.25) is 0 Å². The number of fused-ring (bicyclic) bond motifs is 3. The molecule has 1 aromatic rings. The molecule has 0 spiro atoms. The van der Waals surface area contributed by atoms with Gasteiger partial charge in [0.2, 0.25) is 0 Å². The highest BCUT2D eigenvalue weighted by Crippen LogP contribution is 2.41. The Morgan fingerprint density at radius 3 is 2.73 bits per heavy atom. The van der Waals surface area contributed by atoms with Gasteiger partial charge in [0.15, 0.2) is 0 Å². The van der Waals surface area contributed by atoms with E-state index in [9.17, 15) is 8.78 Å². The molecule has 2 aliphatic carbocycles. The van der Waals surface area contributed by atoms with Gasteiger partial charge in [-0.2, -0.15) is 8.78 Å². The number of hydrogen-bond donors (Lipinski definition) is 0. The summed E-state index contributed by atoms with van der Waals surface area (Å²) in [6, 6.07) is 7.59. The van der Waals surface area contributed by atoms with Crippen LogP contribution in [-0.4, -0.2) is 5.92 Å². The lowest BCUT2D eigenvalue weighted by Crippen LogP contribution is -2.11. The van der Waals surface area contributed by atoms with Crippen molar-refractivity contribution >= 4 is 11.6 Å². The third-order valence-electron chi connectivity index (χ3n) is 2.69. The summed E-state index contributed by atoms with van der Waals surface area (Å²) in [6.45, 7) is 0. The molecule has 0 heterocycles. The van der Waals surface area contributed by atoms with E-state index in [2.05, 4.69) is 0 Å². The average molecular weight is 202 g/mol. The second kappa shape index (κ2) is 2.66. The van der Waals surface area contributed by atoms with Crippen molar-refractivity contribution in [3.63, 3.8) is 0 Å². The highest BCUT2D eigenvalue weighted by molar-refractivity contribution is 5.97. The number of rotatable bonds is 0. The molecule has 0 amide bonds. The summed E-state index contributed by atoms with van der Waals surface area (Å²) in [4.78, 5) is 0. The quantitative estimate of drug-likeness (QED) is 0.602. The van der Waals surface area contributed by atoms with E-state index in [1.54, 1.807) is 0 Å². The normalized spacial score (nSPS) is 20.4. The SMILES string of the molecule is FC1(F)C=CC2=Cc3ccccc3C2=C1. The third kappa shape index (κ3) is 1.25. The molecular formula is C13H8F2. The van der Waals surface area contributed by atoms with Gasteiger partial charge in [0, 0.05) is 0 Å². The van der Waals surface area contributed by atoms with Crippen LogP contribution >= 0.6 is 0 Å². The first-order valence-corrected chi connectivity index (χ1v) is 4.77. The van der Waals surface area contributed by atoms with Gasteiger partial charge in [-0.05, 0) is 40.5 Å². The third-order valence-corrected chi connectivity index (χ3v) is 2.69. The van der Waals surface area contributed by atoms with E-state index in [4.69, 9.17) is 0 Å². The smallest absolute Gasteiger partial charge is 0.197 e. The van der Waals surface area contributed by atoms with E-state index in [1.807, 2.05) is 30.3 Å². The molecule has 74 valence electrons. The molecule has 0 saturated carbocycles. The minimum Gasteiger partial charge on any atom is -0.197 e. The summed E-state index contributed by atoms with van der Waals surface area (Å²) in [7, 11) is 0. The number of alkyl halides is 2. The highest BCUT2D eigenvalue weighted by Gasteiger charge is 2.30. The van der Waals surface area contributed by atoms with Gasteiger partial charge in [-0.1, -0.05) is 30.3 Å². The minimum absolute atomic E-state index is 0.651. The maximum absolute atomic E-state index is 13.1. The molecule has 0 unspecified atom stereocenters. The molecule has 15 heavy (non-hydrogen) atoms. The fourth-order valence-electron chi connectivity index (χ4n) is 2.01. The van der Waals surface area contributed by atoms with Crippen molar-refractivity contribution < 1.29 is 8.78 Å². The summed E-state index contributed by atoms with van der Waals surface area (Å²) < 4.78 is 26.3. The molecule has 0 radical (unpaired) electrons. The fourth-order valence-corrected chi connectivity index (χ4v) is 2.01.